The lowest BCUT2D eigenvalue weighted by atomic mass is 10.4. The van der Waals surface area contributed by atoms with Gasteiger partial charge in [0.1, 0.15) is 5.03 Å². The number of pyridine rings is 1. The lowest BCUT2D eigenvalue weighted by molar-refractivity contribution is -0.122. The fraction of sp³-hybridized carbons (Fsp3) is 0.632. The predicted molar refractivity (Wildman–Crippen MR) is 121 cm³/mol. The van der Waals surface area contributed by atoms with E-state index in [-0.39, 0.29) is 11.8 Å². The maximum atomic E-state index is 11.7. The van der Waals surface area contributed by atoms with Gasteiger partial charge in [-0.3, -0.25) is 9.59 Å². The maximum absolute atomic E-state index is 11.7. The van der Waals surface area contributed by atoms with E-state index in [9.17, 15) is 9.59 Å². The van der Waals surface area contributed by atoms with Crippen LogP contribution in [0, 0.1) is 0 Å². The Labute approximate surface area is 186 Å². The standard InChI is InChI=1S/C19H33N5O4S2/c20-6-8-21-9-10-22-17(25)4-12-27-14-15-28-13-11-23-18(26)5-16-29-30-19-3-1-2-7-24-19/h1-3,7,21H,4-6,8-16,20H2,(H,22,25)(H,23,26). The molecule has 0 fully saturated rings. The highest BCUT2D eigenvalue weighted by Crippen LogP contribution is 2.29. The first-order valence-corrected chi connectivity index (χ1v) is 12.3. The molecule has 2 amide bonds. The van der Waals surface area contributed by atoms with E-state index in [1.807, 2.05) is 18.2 Å². The molecule has 0 aromatic carbocycles. The van der Waals surface area contributed by atoms with E-state index < -0.39 is 0 Å². The van der Waals surface area contributed by atoms with Crippen LogP contribution in [0.5, 0.6) is 0 Å². The number of amides is 2. The van der Waals surface area contributed by atoms with Crippen molar-refractivity contribution in [2.75, 3.05) is 64.9 Å². The molecule has 0 aliphatic carbocycles. The minimum atomic E-state index is -0.0372. The Kier molecular flexibility index (Phi) is 17.4. The molecule has 11 heteroatoms. The zero-order valence-corrected chi connectivity index (χ0v) is 18.9. The van der Waals surface area contributed by atoms with Gasteiger partial charge in [-0.25, -0.2) is 4.98 Å². The molecule has 1 aromatic rings. The Morgan fingerprint density at radius 1 is 0.933 bits per heavy atom. The van der Waals surface area contributed by atoms with Crippen LogP contribution in [-0.4, -0.2) is 81.7 Å². The van der Waals surface area contributed by atoms with Crippen LogP contribution in [0.25, 0.3) is 0 Å². The summed E-state index contributed by atoms with van der Waals surface area (Å²) >= 11 is 0. The van der Waals surface area contributed by atoms with Crippen molar-refractivity contribution in [2.45, 2.75) is 17.9 Å². The van der Waals surface area contributed by atoms with Gasteiger partial charge in [-0.2, -0.15) is 0 Å². The molecule has 0 unspecified atom stereocenters. The average Bonchev–Trinajstić information content (AvgIpc) is 2.76. The van der Waals surface area contributed by atoms with Gasteiger partial charge in [0.05, 0.1) is 26.4 Å². The number of nitrogens with two attached hydrogens (primary N) is 1. The zero-order chi connectivity index (χ0) is 21.7. The molecule has 0 saturated heterocycles. The molecule has 0 atom stereocenters. The number of carbonyl (C=O) groups excluding carboxylic acids is 2. The number of hydrogen-bond acceptors (Lipinski definition) is 9. The van der Waals surface area contributed by atoms with Gasteiger partial charge in [-0.15, -0.1) is 0 Å². The van der Waals surface area contributed by atoms with Crippen molar-refractivity contribution in [3.8, 4) is 0 Å². The Balaban J connectivity index is 1.81. The van der Waals surface area contributed by atoms with Gasteiger partial charge >= 0.3 is 0 Å². The van der Waals surface area contributed by atoms with E-state index in [0.29, 0.717) is 65.4 Å². The van der Waals surface area contributed by atoms with E-state index in [2.05, 4.69) is 20.9 Å². The van der Waals surface area contributed by atoms with E-state index in [4.69, 9.17) is 15.2 Å². The topological polar surface area (TPSA) is 128 Å². The third-order valence-corrected chi connectivity index (χ3v) is 5.82. The minimum absolute atomic E-state index is 0.00760. The summed E-state index contributed by atoms with van der Waals surface area (Å²) in [6.45, 7) is 4.72. The molecular formula is C19H33N5O4S2. The fourth-order valence-corrected chi connectivity index (χ4v) is 3.95. The second-order valence-corrected chi connectivity index (χ2v) is 8.47. The third kappa shape index (κ3) is 16.4. The quantitative estimate of drug-likeness (QED) is 0.172. The highest BCUT2D eigenvalue weighted by molar-refractivity contribution is 8.76. The Bertz CT molecular complexity index is 569. The molecule has 0 aliphatic heterocycles. The van der Waals surface area contributed by atoms with Crippen LogP contribution in [0.4, 0.5) is 0 Å². The van der Waals surface area contributed by atoms with Gasteiger partial charge in [0, 0.05) is 57.5 Å². The van der Waals surface area contributed by atoms with Crippen LogP contribution in [0.1, 0.15) is 12.8 Å². The van der Waals surface area contributed by atoms with Crippen LogP contribution in [0.3, 0.4) is 0 Å². The summed E-state index contributed by atoms with van der Waals surface area (Å²) in [4.78, 5) is 27.5. The monoisotopic (exact) mass is 459 g/mol. The van der Waals surface area contributed by atoms with Gasteiger partial charge in [0.15, 0.2) is 0 Å². The summed E-state index contributed by atoms with van der Waals surface area (Å²) in [5.41, 5.74) is 5.36. The summed E-state index contributed by atoms with van der Waals surface area (Å²) in [5, 5.41) is 9.66. The lowest BCUT2D eigenvalue weighted by Gasteiger charge is -2.08. The molecule has 30 heavy (non-hydrogen) atoms. The number of aromatic nitrogens is 1. The second kappa shape index (κ2) is 19.6. The van der Waals surface area contributed by atoms with E-state index >= 15 is 0 Å². The molecule has 1 heterocycles. The van der Waals surface area contributed by atoms with Gasteiger partial charge < -0.3 is 31.2 Å². The second-order valence-electron chi connectivity index (χ2n) is 6.04. The summed E-state index contributed by atoms with van der Waals surface area (Å²) in [6, 6.07) is 5.76. The summed E-state index contributed by atoms with van der Waals surface area (Å²) in [5.74, 6) is 0.692. The fourth-order valence-electron chi connectivity index (χ4n) is 2.08. The number of nitrogens with zero attached hydrogens (tertiary/aromatic N) is 1. The Hall–Kier alpha value is -1.37. The lowest BCUT2D eigenvalue weighted by Crippen LogP contribution is -2.34. The number of carbonyl (C=O) groups is 2. The zero-order valence-electron chi connectivity index (χ0n) is 17.3. The van der Waals surface area contributed by atoms with Crippen molar-refractivity contribution in [1.82, 2.24) is 20.9 Å². The molecule has 0 radical (unpaired) electrons. The van der Waals surface area contributed by atoms with Crippen molar-refractivity contribution in [3.63, 3.8) is 0 Å². The van der Waals surface area contributed by atoms with Crippen LogP contribution < -0.4 is 21.7 Å². The molecule has 0 aliphatic rings. The highest BCUT2D eigenvalue weighted by Gasteiger charge is 2.03. The Morgan fingerprint density at radius 3 is 2.47 bits per heavy atom. The molecule has 9 nitrogen and oxygen atoms in total. The number of ether oxygens (including phenoxy) is 2. The van der Waals surface area contributed by atoms with Crippen molar-refractivity contribution < 1.29 is 19.1 Å². The minimum Gasteiger partial charge on any atom is -0.379 e. The van der Waals surface area contributed by atoms with Gasteiger partial charge in [-0.05, 0) is 22.9 Å². The molecule has 0 spiro atoms. The van der Waals surface area contributed by atoms with Gasteiger partial charge in [-0.1, -0.05) is 16.9 Å². The molecule has 1 rings (SSSR count). The SMILES string of the molecule is NCCNCCNC(=O)CCOCCOCCNC(=O)CCSSc1ccccn1. The first kappa shape index (κ1) is 26.7. The van der Waals surface area contributed by atoms with Crippen LogP contribution >= 0.6 is 21.6 Å². The largest absolute Gasteiger partial charge is 0.379 e. The van der Waals surface area contributed by atoms with Crippen molar-refractivity contribution in [3.05, 3.63) is 24.4 Å². The summed E-state index contributed by atoms with van der Waals surface area (Å²) in [7, 11) is 3.18. The van der Waals surface area contributed by atoms with Gasteiger partial charge in [0.25, 0.3) is 0 Å². The van der Waals surface area contributed by atoms with Gasteiger partial charge in [0.2, 0.25) is 11.8 Å². The van der Waals surface area contributed by atoms with E-state index in [0.717, 1.165) is 17.3 Å². The summed E-state index contributed by atoms with van der Waals surface area (Å²) < 4.78 is 10.8. The average molecular weight is 460 g/mol. The maximum Gasteiger partial charge on any atom is 0.222 e. The molecule has 5 N–H and O–H groups in total. The van der Waals surface area contributed by atoms with Crippen LogP contribution in [0.15, 0.2) is 29.4 Å². The van der Waals surface area contributed by atoms with Crippen molar-refractivity contribution in [2.24, 2.45) is 5.73 Å². The van der Waals surface area contributed by atoms with E-state index in [1.54, 1.807) is 27.8 Å². The molecule has 170 valence electrons. The molecule has 0 bridgehead atoms. The smallest absolute Gasteiger partial charge is 0.222 e. The summed E-state index contributed by atoms with van der Waals surface area (Å²) in [6.07, 6.45) is 2.53. The first-order chi connectivity index (χ1) is 14.7. The van der Waals surface area contributed by atoms with Crippen LogP contribution in [0.2, 0.25) is 0 Å². The molecule has 1 aromatic heterocycles. The van der Waals surface area contributed by atoms with Crippen LogP contribution in [-0.2, 0) is 19.1 Å². The predicted octanol–water partition coefficient (Wildman–Crippen LogP) is 0.416. The highest BCUT2D eigenvalue weighted by atomic mass is 33.1. The Morgan fingerprint density at radius 2 is 1.70 bits per heavy atom. The van der Waals surface area contributed by atoms with Crippen molar-refractivity contribution >= 4 is 33.4 Å². The normalized spacial score (nSPS) is 10.7. The molecule has 0 saturated carbocycles. The number of hydrogen-bond donors (Lipinski definition) is 4. The molecular weight excluding hydrogens is 426 g/mol. The third-order valence-electron chi connectivity index (χ3n) is 3.55. The first-order valence-electron chi connectivity index (χ1n) is 10.0. The number of rotatable bonds is 19. The van der Waals surface area contributed by atoms with Crippen molar-refractivity contribution in [1.29, 1.82) is 0 Å². The number of nitrogens with one attached hydrogen (secondary N) is 3. The van der Waals surface area contributed by atoms with E-state index in [1.165, 1.54) is 0 Å².